The number of β-lactam (4-membered cyclic amide) rings is 1. The summed E-state index contributed by atoms with van der Waals surface area (Å²) in [6, 6.07) is -0.907. The van der Waals surface area contributed by atoms with Gasteiger partial charge in [-0.05, 0) is 5.57 Å². The number of thiocarbonyl (C=S) groups is 1. The Kier molecular flexibility index (Phi) is 6.40. The molecule has 2 aliphatic rings. The monoisotopic (exact) mass is 491 g/mol. The number of phosphoric acid groups is 1. The lowest BCUT2D eigenvalue weighted by Crippen LogP contribution is -2.68. The highest BCUT2D eigenvalue weighted by Crippen LogP contribution is 2.44. The second-order valence-corrected chi connectivity index (χ2v) is 9.08. The Morgan fingerprint density at radius 3 is 2.71 bits per heavy atom. The third kappa shape index (κ3) is 4.44. The van der Waals surface area contributed by atoms with Crippen LogP contribution in [0.5, 0.6) is 0 Å². The van der Waals surface area contributed by atoms with Crippen molar-refractivity contribution in [1.82, 2.24) is 19.7 Å². The molecule has 14 nitrogen and oxygen atoms in total. The normalized spacial score (nSPS) is 20.7. The van der Waals surface area contributed by atoms with Crippen LogP contribution in [0.4, 0.5) is 0 Å². The van der Waals surface area contributed by atoms with Gasteiger partial charge in [-0.3, -0.25) is 33.6 Å². The number of amides is 1. The maximum Gasteiger partial charge on any atom is 0.527 e. The van der Waals surface area contributed by atoms with Gasteiger partial charge in [-0.1, -0.05) is 12.2 Å². The molecule has 1 aromatic heterocycles. The molecule has 3 rings (SSSR count). The number of carbonyl (C=O) groups is 3. The van der Waals surface area contributed by atoms with Crippen LogP contribution in [0.25, 0.3) is 0 Å². The van der Waals surface area contributed by atoms with Crippen LogP contribution in [0.15, 0.2) is 20.9 Å². The number of hydrogen-bond acceptors (Lipinski definition) is 11. The molecule has 166 valence electrons. The number of aldehydes is 1. The van der Waals surface area contributed by atoms with Crippen LogP contribution in [-0.4, -0.2) is 69.6 Å². The molecule has 3 heterocycles. The van der Waals surface area contributed by atoms with Crippen LogP contribution >= 0.6 is 31.8 Å². The van der Waals surface area contributed by atoms with Crippen molar-refractivity contribution in [3.05, 3.63) is 37.8 Å². The van der Waals surface area contributed by atoms with E-state index < -0.39 is 54.5 Å². The minimum Gasteiger partial charge on any atom is -0.366 e. The first-order valence-electron chi connectivity index (χ1n) is 8.34. The number of nitrogens with zero attached hydrogens (tertiary/aromatic N) is 3. The van der Waals surface area contributed by atoms with Crippen LogP contribution in [0.1, 0.15) is 12.2 Å². The molecule has 1 fully saturated rings. The Morgan fingerprint density at radius 1 is 1.42 bits per heavy atom. The van der Waals surface area contributed by atoms with Gasteiger partial charge >= 0.3 is 24.9 Å². The van der Waals surface area contributed by atoms with Gasteiger partial charge in [0.2, 0.25) is 5.91 Å². The second kappa shape index (κ2) is 8.57. The van der Waals surface area contributed by atoms with E-state index in [2.05, 4.69) is 9.62 Å². The number of hydrogen-bond donors (Lipinski definition) is 4. The molecule has 17 heteroatoms. The average Bonchev–Trinajstić information content (AvgIpc) is 2.69. The largest absolute Gasteiger partial charge is 0.527 e. The van der Waals surface area contributed by atoms with E-state index >= 15 is 0 Å². The number of phosphoric ester groups is 1. The number of nitrogens with two attached hydrogens (primary N) is 1. The van der Waals surface area contributed by atoms with Gasteiger partial charge in [0.05, 0.1) is 11.4 Å². The first-order chi connectivity index (χ1) is 14.5. The molecule has 0 aromatic carbocycles. The molecule has 5 N–H and O–H groups in total. The first kappa shape index (κ1) is 23.2. The summed E-state index contributed by atoms with van der Waals surface area (Å²) in [7, 11) is -5.22. The van der Waals surface area contributed by atoms with E-state index in [9.17, 15) is 28.5 Å². The topological polar surface area (TPSA) is 215 Å². The molecule has 0 spiro atoms. The molecule has 0 saturated carbocycles. The molecule has 1 amide bonds. The summed E-state index contributed by atoms with van der Waals surface area (Å²) < 4.78 is 16.0. The number of H-pyrrole nitrogens is 1. The summed E-state index contributed by atoms with van der Waals surface area (Å²) in [4.78, 5) is 77.8. The van der Waals surface area contributed by atoms with Gasteiger partial charge in [0, 0.05) is 12.2 Å². The van der Waals surface area contributed by atoms with Crippen molar-refractivity contribution >= 4 is 54.8 Å². The minimum absolute atomic E-state index is 0.0806. The van der Waals surface area contributed by atoms with Crippen LogP contribution in [-0.2, 0) is 30.0 Å². The summed E-state index contributed by atoms with van der Waals surface area (Å²) >= 11 is 6.44. The molecule has 2 unspecified atom stereocenters. The van der Waals surface area contributed by atoms with E-state index in [1.807, 2.05) is 5.10 Å². The third-order valence-corrected chi connectivity index (χ3v) is 6.41. The first-order valence-corrected chi connectivity index (χ1v) is 11.3. The third-order valence-electron chi connectivity index (χ3n) is 4.32. The fraction of sp³-hybridized carbons (Fsp3) is 0.357. The molecular weight excluding hydrogens is 477 g/mol. The minimum atomic E-state index is -5.22. The smallest absolute Gasteiger partial charge is 0.366 e. The zero-order valence-electron chi connectivity index (χ0n) is 15.3. The van der Waals surface area contributed by atoms with Crippen LogP contribution < -0.4 is 16.9 Å². The Bertz CT molecular complexity index is 1190. The lowest BCUT2D eigenvalue weighted by molar-refractivity contribution is -0.147. The number of fused-ring (bicyclic) bond motifs is 1. The van der Waals surface area contributed by atoms with Gasteiger partial charge in [0.1, 0.15) is 23.4 Å². The average molecular weight is 491 g/mol. The molecule has 0 aliphatic carbocycles. The lowest BCUT2D eigenvalue weighted by atomic mass is 10.0. The quantitative estimate of drug-likeness (QED) is 0.0768. The zero-order chi connectivity index (χ0) is 23.1. The maximum absolute atomic E-state index is 12.4. The SMILES string of the molecule is NC1C(=O)N2C(C(=O)OP(=O)(O)O)=C(CC(=S)c3n[nH]c(=O)c(=O)n3CC=O)CSC12. The van der Waals surface area contributed by atoms with E-state index in [4.69, 9.17) is 27.7 Å². The van der Waals surface area contributed by atoms with Gasteiger partial charge in [-0.15, -0.1) is 11.8 Å². The molecule has 2 aliphatic heterocycles. The van der Waals surface area contributed by atoms with Crippen molar-refractivity contribution in [3.63, 3.8) is 0 Å². The standard InChI is InChI=1S/C14H14N5O9PS2/c15-7-11(22)19-8(14(24)28-29(25,26)27)5(4-31-13(7)19)3-6(30)9-16-17-10(21)12(23)18(9)1-2-20/h2,7,13H,1,3-4,15H2,(H,17,21)(H2,25,26,27). The van der Waals surface area contributed by atoms with Gasteiger partial charge in [-0.2, -0.15) is 5.10 Å². The fourth-order valence-corrected chi connectivity index (χ4v) is 4.94. The summed E-state index contributed by atoms with van der Waals surface area (Å²) in [5.41, 5.74) is 3.29. The number of nitrogens with one attached hydrogen (secondary N) is 1. The Hall–Kier alpha value is -2.49. The Morgan fingerprint density at radius 2 is 2.10 bits per heavy atom. The van der Waals surface area contributed by atoms with Gasteiger partial charge in [0.25, 0.3) is 0 Å². The van der Waals surface area contributed by atoms with Crippen molar-refractivity contribution in [1.29, 1.82) is 0 Å². The molecule has 0 bridgehead atoms. The summed E-state index contributed by atoms with van der Waals surface area (Å²) in [6.07, 6.45) is 0.0922. The van der Waals surface area contributed by atoms with Crippen molar-refractivity contribution in [2.24, 2.45) is 5.73 Å². The van der Waals surface area contributed by atoms with Gasteiger partial charge < -0.3 is 15.1 Å². The highest BCUT2D eigenvalue weighted by atomic mass is 32.2. The molecular formula is C14H14N5O9PS2. The number of rotatable bonds is 7. The molecule has 2 atom stereocenters. The van der Waals surface area contributed by atoms with E-state index in [1.165, 1.54) is 11.8 Å². The van der Waals surface area contributed by atoms with E-state index in [0.29, 0.717) is 6.29 Å². The Labute approximate surface area is 181 Å². The van der Waals surface area contributed by atoms with Gasteiger partial charge in [0.15, 0.2) is 5.82 Å². The van der Waals surface area contributed by atoms with Crippen LogP contribution in [0.2, 0.25) is 0 Å². The van der Waals surface area contributed by atoms with E-state index in [1.54, 1.807) is 0 Å². The highest BCUT2D eigenvalue weighted by Gasteiger charge is 2.52. The van der Waals surface area contributed by atoms with Crippen molar-refractivity contribution in [2.45, 2.75) is 24.4 Å². The summed E-state index contributed by atoms with van der Waals surface area (Å²) in [6.45, 7) is -0.506. The fourth-order valence-electron chi connectivity index (χ4n) is 3.02. The van der Waals surface area contributed by atoms with Crippen LogP contribution in [0, 0.1) is 0 Å². The molecule has 31 heavy (non-hydrogen) atoms. The predicted octanol–water partition coefficient (Wildman–Crippen LogP) is -2.63. The second-order valence-electron chi connectivity index (χ2n) is 6.32. The highest BCUT2D eigenvalue weighted by molar-refractivity contribution is 8.00. The van der Waals surface area contributed by atoms with Crippen LogP contribution in [0.3, 0.4) is 0 Å². The zero-order valence-corrected chi connectivity index (χ0v) is 17.8. The predicted molar refractivity (Wildman–Crippen MR) is 108 cm³/mol. The number of aromatic nitrogens is 3. The van der Waals surface area contributed by atoms with Gasteiger partial charge in [-0.25, -0.2) is 14.5 Å². The Balaban J connectivity index is 2.02. The van der Waals surface area contributed by atoms with E-state index in [-0.39, 0.29) is 28.4 Å². The van der Waals surface area contributed by atoms with Crippen molar-refractivity contribution < 1.29 is 33.3 Å². The maximum atomic E-state index is 12.4. The number of thioether (sulfide) groups is 1. The van der Waals surface area contributed by atoms with Crippen molar-refractivity contribution in [3.8, 4) is 0 Å². The molecule has 0 radical (unpaired) electrons. The molecule has 1 saturated heterocycles. The lowest BCUT2D eigenvalue weighted by Gasteiger charge is -2.48. The van der Waals surface area contributed by atoms with Crippen molar-refractivity contribution in [2.75, 3.05) is 5.75 Å². The molecule has 1 aromatic rings. The van der Waals surface area contributed by atoms with E-state index in [0.717, 1.165) is 9.47 Å². The summed E-state index contributed by atoms with van der Waals surface area (Å²) in [5, 5.41) is 5.00. The number of carbonyl (C=O) groups excluding carboxylic acids is 3. The number of aromatic amines is 1. The summed E-state index contributed by atoms with van der Waals surface area (Å²) in [5.74, 6) is -2.23.